The van der Waals surface area contributed by atoms with E-state index in [1.54, 1.807) is 13.8 Å². The first kappa shape index (κ1) is 11.0. The Bertz CT molecular complexity index is 482. The van der Waals surface area contributed by atoms with Gasteiger partial charge in [0.15, 0.2) is 0 Å². The molecule has 1 aromatic rings. The Balaban J connectivity index is 3.26. The number of aromatic nitrogens is 1. The van der Waals surface area contributed by atoms with E-state index in [1.807, 2.05) is 0 Å². The molecule has 0 atom stereocenters. The Labute approximate surface area is 86.5 Å². The molecule has 0 aliphatic carbocycles. The van der Waals surface area contributed by atoms with E-state index in [4.69, 9.17) is 6.57 Å². The lowest BCUT2D eigenvalue weighted by Crippen LogP contribution is -2.20. The van der Waals surface area contributed by atoms with Gasteiger partial charge in [-0.15, -0.1) is 0 Å². The van der Waals surface area contributed by atoms with Gasteiger partial charge in [-0.05, 0) is 19.9 Å². The number of carbonyl (C=O) groups excluding carboxylic acids is 1. The van der Waals surface area contributed by atoms with Crippen molar-refractivity contribution in [2.75, 3.05) is 6.61 Å². The first-order valence-corrected chi connectivity index (χ1v) is 4.38. The highest BCUT2D eigenvalue weighted by atomic mass is 16.5. The lowest BCUT2D eigenvalue weighted by Gasteiger charge is -2.02. The first-order chi connectivity index (χ1) is 7.10. The lowest BCUT2D eigenvalue weighted by atomic mass is 10.2. The molecule has 5 heteroatoms. The van der Waals surface area contributed by atoms with Crippen molar-refractivity contribution in [3.63, 3.8) is 0 Å². The zero-order valence-corrected chi connectivity index (χ0v) is 8.46. The van der Waals surface area contributed by atoms with E-state index in [-0.39, 0.29) is 17.9 Å². The third-order valence-corrected chi connectivity index (χ3v) is 1.83. The molecule has 0 saturated heterocycles. The van der Waals surface area contributed by atoms with Gasteiger partial charge in [0.1, 0.15) is 5.56 Å². The maximum Gasteiger partial charge on any atom is 0.342 e. The van der Waals surface area contributed by atoms with Crippen molar-refractivity contribution in [3.8, 4) is 0 Å². The number of esters is 1. The van der Waals surface area contributed by atoms with Gasteiger partial charge in [0.25, 0.3) is 5.56 Å². The topological polar surface area (TPSA) is 63.5 Å². The normalized spacial score (nSPS) is 9.40. The smallest absolute Gasteiger partial charge is 0.342 e. The fourth-order valence-corrected chi connectivity index (χ4v) is 1.09. The molecular weight excluding hydrogens is 196 g/mol. The number of hydrogen-bond donors (Lipinski definition) is 1. The minimum Gasteiger partial charge on any atom is -0.462 e. The van der Waals surface area contributed by atoms with Gasteiger partial charge in [-0.1, -0.05) is 0 Å². The highest BCUT2D eigenvalue weighted by Gasteiger charge is 2.13. The minimum absolute atomic E-state index is 0.131. The van der Waals surface area contributed by atoms with E-state index in [0.717, 1.165) is 0 Å². The number of rotatable bonds is 2. The fourth-order valence-electron chi connectivity index (χ4n) is 1.09. The molecule has 0 aliphatic rings. The van der Waals surface area contributed by atoms with Crippen LogP contribution in [0.5, 0.6) is 0 Å². The molecular formula is C10H10N2O3. The standard InChI is InChI=1S/C10H10N2O3/c1-4-15-10(14)7-5-8(11-3)6(2)12-9(7)13/h5H,4H2,1-2H3,(H,12,13). The largest absolute Gasteiger partial charge is 0.462 e. The molecule has 0 saturated carbocycles. The van der Waals surface area contributed by atoms with Crippen molar-refractivity contribution < 1.29 is 9.53 Å². The van der Waals surface area contributed by atoms with Crippen LogP contribution in [0, 0.1) is 13.5 Å². The van der Waals surface area contributed by atoms with E-state index in [2.05, 4.69) is 14.6 Å². The number of carbonyl (C=O) groups is 1. The van der Waals surface area contributed by atoms with Crippen molar-refractivity contribution in [2.45, 2.75) is 13.8 Å². The Morgan fingerprint density at radius 1 is 1.67 bits per heavy atom. The van der Waals surface area contributed by atoms with Crippen LogP contribution in [0.4, 0.5) is 5.69 Å². The minimum atomic E-state index is -0.705. The van der Waals surface area contributed by atoms with Gasteiger partial charge >= 0.3 is 5.97 Å². The summed E-state index contributed by atoms with van der Waals surface area (Å²) in [6.07, 6.45) is 0. The number of pyridine rings is 1. The van der Waals surface area contributed by atoms with Gasteiger partial charge in [0.2, 0.25) is 5.69 Å². The second-order valence-electron chi connectivity index (χ2n) is 2.85. The SMILES string of the molecule is [C-]#[N+]c1cc(C(=O)OCC)c(=O)[nH]c1C. The number of aryl methyl sites for hydroxylation is 1. The summed E-state index contributed by atoms with van der Waals surface area (Å²) in [5, 5.41) is 0. The molecule has 0 amide bonds. The van der Waals surface area contributed by atoms with Gasteiger partial charge in [-0.25, -0.2) is 9.64 Å². The fraction of sp³-hybridized carbons (Fsp3) is 0.300. The summed E-state index contributed by atoms with van der Waals surface area (Å²) in [5.74, 6) is -0.705. The van der Waals surface area contributed by atoms with Crippen molar-refractivity contribution in [2.24, 2.45) is 0 Å². The zero-order chi connectivity index (χ0) is 11.4. The number of ether oxygens (including phenoxy) is 1. The van der Waals surface area contributed by atoms with Gasteiger partial charge in [-0.3, -0.25) is 4.79 Å². The predicted molar refractivity (Wildman–Crippen MR) is 54.0 cm³/mol. The highest BCUT2D eigenvalue weighted by molar-refractivity contribution is 5.90. The second kappa shape index (κ2) is 4.42. The third-order valence-electron chi connectivity index (χ3n) is 1.83. The van der Waals surface area contributed by atoms with E-state index < -0.39 is 11.5 Å². The molecule has 0 fully saturated rings. The number of H-pyrrole nitrogens is 1. The number of aromatic amines is 1. The molecule has 1 rings (SSSR count). The summed E-state index contributed by atoms with van der Waals surface area (Å²) in [5.41, 5.74) is 0.0347. The Hall–Kier alpha value is -2.09. The molecule has 78 valence electrons. The summed E-state index contributed by atoms with van der Waals surface area (Å²) >= 11 is 0. The Kier molecular flexibility index (Phi) is 3.24. The summed E-state index contributed by atoms with van der Waals surface area (Å²) < 4.78 is 4.69. The molecule has 1 heterocycles. The molecule has 1 aromatic heterocycles. The van der Waals surface area contributed by atoms with Crippen LogP contribution in [0.3, 0.4) is 0 Å². The average molecular weight is 206 g/mol. The molecule has 0 bridgehead atoms. The van der Waals surface area contributed by atoms with Gasteiger partial charge in [0.05, 0.1) is 13.2 Å². The summed E-state index contributed by atoms with van der Waals surface area (Å²) in [6, 6.07) is 1.25. The van der Waals surface area contributed by atoms with E-state index in [1.165, 1.54) is 6.07 Å². The summed E-state index contributed by atoms with van der Waals surface area (Å²) in [7, 11) is 0. The summed E-state index contributed by atoms with van der Waals surface area (Å²) in [6.45, 7) is 10.3. The van der Waals surface area contributed by atoms with Gasteiger partial charge < -0.3 is 9.72 Å². The quantitative estimate of drug-likeness (QED) is 0.587. The van der Waals surface area contributed by atoms with Crippen LogP contribution in [0.1, 0.15) is 23.0 Å². The van der Waals surface area contributed by atoms with Crippen LogP contribution < -0.4 is 5.56 Å². The number of hydrogen-bond acceptors (Lipinski definition) is 3. The van der Waals surface area contributed by atoms with E-state index in [9.17, 15) is 9.59 Å². The maximum absolute atomic E-state index is 11.4. The van der Waals surface area contributed by atoms with Gasteiger partial charge in [0, 0.05) is 5.69 Å². The Morgan fingerprint density at radius 3 is 2.87 bits per heavy atom. The van der Waals surface area contributed by atoms with E-state index >= 15 is 0 Å². The molecule has 0 aromatic carbocycles. The number of nitrogens with zero attached hydrogens (tertiary/aromatic N) is 1. The monoisotopic (exact) mass is 206 g/mol. The molecule has 5 nitrogen and oxygen atoms in total. The van der Waals surface area contributed by atoms with Crippen LogP contribution >= 0.6 is 0 Å². The number of nitrogens with one attached hydrogen (secondary N) is 1. The molecule has 0 aliphatic heterocycles. The average Bonchev–Trinajstić information content (AvgIpc) is 2.18. The molecule has 0 spiro atoms. The van der Waals surface area contributed by atoms with Crippen LogP contribution in [0.25, 0.3) is 4.85 Å². The van der Waals surface area contributed by atoms with Crippen molar-refractivity contribution >= 4 is 11.7 Å². The summed E-state index contributed by atoms with van der Waals surface area (Å²) in [4.78, 5) is 28.3. The zero-order valence-electron chi connectivity index (χ0n) is 8.46. The highest BCUT2D eigenvalue weighted by Crippen LogP contribution is 2.15. The van der Waals surface area contributed by atoms with Crippen LogP contribution in [-0.2, 0) is 4.74 Å². The third kappa shape index (κ3) is 2.23. The van der Waals surface area contributed by atoms with Gasteiger partial charge in [-0.2, -0.15) is 0 Å². The van der Waals surface area contributed by atoms with Crippen molar-refractivity contribution in [3.05, 3.63) is 39.1 Å². The molecule has 1 N–H and O–H groups in total. The van der Waals surface area contributed by atoms with Crippen molar-refractivity contribution in [1.29, 1.82) is 0 Å². The molecule has 0 unspecified atom stereocenters. The van der Waals surface area contributed by atoms with Crippen LogP contribution in [0.2, 0.25) is 0 Å². The Morgan fingerprint density at radius 2 is 2.33 bits per heavy atom. The lowest BCUT2D eigenvalue weighted by molar-refractivity contribution is 0.0524. The molecule has 15 heavy (non-hydrogen) atoms. The van der Waals surface area contributed by atoms with Crippen LogP contribution in [0.15, 0.2) is 10.9 Å². The van der Waals surface area contributed by atoms with E-state index in [0.29, 0.717) is 5.69 Å². The maximum atomic E-state index is 11.4. The van der Waals surface area contributed by atoms with Crippen molar-refractivity contribution in [1.82, 2.24) is 4.98 Å². The molecule has 0 radical (unpaired) electrons. The predicted octanol–water partition coefficient (Wildman–Crippen LogP) is 1.41. The first-order valence-electron chi connectivity index (χ1n) is 4.38. The second-order valence-corrected chi connectivity index (χ2v) is 2.85. The van der Waals surface area contributed by atoms with Crippen LogP contribution in [-0.4, -0.2) is 17.6 Å².